The molecule has 7 rings (SSSR count). The van der Waals surface area contributed by atoms with Crippen molar-refractivity contribution in [2.75, 3.05) is 19.8 Å². The van der Waals surface area contributed by atoms with Gasteiger partial charge in [0, 0.05) is 54.3 Å². The number of aliphatic hydroxyl groups excluding tert-OH is 3. The number of carbonyl (C=O) groups is 3. The van der Waals surface area contributed by atoms with Gasteiger partial charge in [-0.3, -0.25) is 14.4 Å². The smallest absolute Gasteiger partial charge is 0.303 e. The van der Waals surface area contributed by atoms with Gasteiger partial charge in [0.05, 0.1) is 49.8 Å². The summed E-state index contributed by atoms with van der Waals surface area (Å²) in [5, 5.41) is 34.1. The molecule has 6 aliphatic rings. The Balaban J connectivity index is 1.40. The van der Waals surface area contributed by atoms with Gasteiger partial charge in [-0.1, -0.05) is 27.7 Å². The highest BCUT2D eigenvalue weighted by Gasteiger charge is 2.92. The molecular weight excluding hydrogens is 572 g/mol. The standard InChI is InChI=1S/C33H44O11/c1-15(11-34)20-7-18(12-41-20)19-8-25-33(44-25)30(19,5)28(43-17(3)36)26(39)27-31(33,6)22(37)9-21-29(4)13-40-14-32(21,27)23(38)10-24(29)42-16(2)35/h7,12,15,19,21-25,27-28,34,37-38H,8-11,13-14H2,1-6H3/t15?,19-,21+,22-,23+,24-,25-,27+,28+,29-,30-,31-,32-,33-/m1/s1. The van der Waals surface area contributed by atoms with Crippen LogP contribution in [0.3, 0.4) is 0 Å². The van der Waals surface area contributed by atoms with Crippen molar-refractivity contribution in [3.63, 3.8) is 0 Å². The van der Waals surface area contributed by atoms with E-state index in [2.05, 4.69) is 0 Å². The zero-order chi connectivity index (χ0) is 31.8. The Hall–Kier alpha value is -2.31. The second kappa shape index (κ2) is 9.37. The predicted molar refractivity (Wildman–Crippen MR) is 151 cm³/mol. The lowest BCUT2D eigenvalue weighted by Crippen LogP contribution is -2.81. The van der Waals surface area contributed by atoms with E-state index in [1.807, 2.05) is 33.8 Å². The maximum Gasteiger partial charge on any atom is 0.303 e. The van der Waals surface area contributed by atoms with Crippen molar-refractivity contribution in [1.29, 1.82) is 0 Å². The fourth-order valence-corrected chi connectivity index (χ4v) is 11.4. The minimum atomic E-state index is -1.23. The molecule has 3 N–H and O–H groups in total. The number of epoxide rings is 1. The van der Waals surface area contributed by atoms with Gasteiger partial charge in [-0.15, -0.1) is 0 Å². The number of ether oxygens (including phenoxy) is 4. The topological polar surface area (TPSA) is 165 Å². The molecule has 4 saturated carbocycles. The minimum absolute atomic E-state index is 0.0811. The second-order valence-corrected chi connectivity index (χ2v) is 15.2. The van der Waals surface area contributed by atoms with Crippen LogP contribution < -0.4 is 0 Å². The van der Waals surface area contributed by atoms with E-state index in [1.165, 1.54) is 13.8 Å². The van der Waals surface area contributed by atoms with Crippen molar-refractivity contribution in [1.82, 2.24) is 0 Å². The molecule has 2 saturated heterocycles. The number of rotatable bonds is 5. The van der Waals surface area contributed by atoms with Crippen LogP contribution in [0.25, 0.3) is 0 Å². The first-order valence-corrected chi connectivity index (χ1v) is 15.8. The predicted octanol–water partition coefficient (Wildman–Crippen LogP) is 2.24. The lowest BCUT2D eigenvalue weighted by molar-refractivity contribution is -0.328. The van der Waals surface area contributed by atoms with Crippen molar-refractivity contribution < 1.29 is 53.1 Å². The maximum atomic E-state index is 15.2. The van der Waals surface area contributed by atoms with Crippen LogP contribution in [-0.4, -0.2) is 89.0 Å². The number of fused-ring (bicyclic) bond motifs is 1. The zero-order valence-electron chi connectivity index (χ0n) is 26.2. The number of esters is 2. The summed E-state index contributed by atoms with van der Waals surface area (Å²) < 4.78 is 30.5. The molecule has 0 radical (unpaired) electrons. The van der Waals surface area contributed by atoms with E-state index in [4.69, 9.17) is 23.4 Å². The largest absolute Gasteiger partial charge is 0.469 e. The van der Waals surface area contributed by atoms with Crippen LogP contribution >= 0.6 is 0 Å². The number of carbonyl (C=O) groups excluding carboxylic acids is 3. The summed E-state index contributed by atoms with van der Waals surface area (Å²) in [6.07, 6.45) is -1.77. The molecule has 1 aromatic rings. The molecule has 0 aromatic carbocycles. The van der Waals surface area contributed by atoms with Crippen molar-refractivity contribution in [3.8, 4) is 0 Å². The lowest BCUT2D eigenvalue weighted by atomic mass is 9.33. The highest BCUT2D eigenvalue weighted by atomic mass is 16.6. The molecule has 0 amide bonds. The molecular formula is C33H44O11. The number of hydrogen-bond donors (Lipinski definition) is 3. The van der Waals surface area contributed by atoms with Crippen LogP contribution in [0.2, 0.25) is 0 Å². The maximum absolute atomic E-state index is 15.2. The highest BCUT2D eigenvalue weighted by Crippen LogP contribution is 2.82. The second-order valence-electron chi connectivity index (χ2n) is 15.2. The molecule has 2 aliphatic heterocycles. The average Bonchev–Trinajstić information content (AvgIpc) is 3.37. The minimum Gasteiger partial charge on any atom is -0.469 e. The van der Waals surface area contributed by atoms with Gasteiger partial charge in [0.15, 0.2) is 11.9 Å². The fraction of sp³-hybridized carbons (Fsp3) is 0.788. The first-order valence-electron chi connectivity index (χ1n) is 15.8. The molecule has 1 aromatic heterocycles. The summed E-state index contributed by atoms with van der Waals surface area (Å²) in [5.41, 5.74) is -4.35. The lowest BCUT2D eigenvalue weighted by Gasteiger charge is -2.72. The van der Waals surface area contributed by atoms with E-state index in [-0.39, 0.29) is 56.4 Å². The summed E-state index contributed by atoms with van der Waals surface area (Å²) in [6.45, 7) is 10.5. The molecule has 2 bridgehead atoms. The van der Waals surface area contributed by atoms with Gasteiger partial charge < -0.3 is 38.7 Å². The number of ketones is 1. The Morgan fingerprint density at radius 2 is 1.73 bits per heavy atom. The van der Waals surface area contributed by atoms with E-state index >= 15 is 4.79 Å². The molecule has 14 atom stereocenters. The Kier molecular flexibility index (Phi) is 6.47. The molecule has 6 fully saturated rings. The molecule has 242 valence electrons. The molecule has 11 heteroatoms. The van der Waals surface area contributed by atoms with Crippen molar-refractivity contribution in [2.45, 2.75) is 109 Å². The fourth-order valence-electron chi connectivity index (χ4n) is 11.4. The van der Waals surface area contributed by atoms with Gasteiger partial charge in [0.1, 0.15) is 17.5 Å². The van der Waals surface area contributed by atoms with Gasteiger partial charge >= 0.3 is 11.9 Å². The first-order chi connectivity index (χ1) is 20.6. The van der Waals surface area contributed by atoms with Crippen LogP contribution in [-0.2, 0) is 33.3 Å². The van der Waals surface area contributed by atoms with E-state index < -0.39 is 75.5 Å². The Bertz CT molecular complexity index is 1410. The average molecular weight is 617 g/mol. The quantitative estimate of drug-likeness (QED) is 0.328. The molecule has 44 heavy (non-hydrogen) atoms. The Morgan fingerprint density at radius 1 is 1.02 bits per heavy atom. The molecule has 3 heterocycles. The monoisotopic (exact) mass is 616 g/mol. The Labute approximate surface area is 256 Å². The van der Waals surface area contributed by atoms with E-state index in [9.17, 15) is 24.9 Å². The Morgan fingerprint density at radius 3 is 2.39 bits per heavy atom. The normalized spacial score (nSPS) is 50.9. The number of hydrogen-bond acceptors (Lipinski definition) is 11. The van der Waals surface area contributed by atoms with Crippen LogP contribution in [0, 0.1) is 33.5 Å². The SMILES string of the molecule is CC(=O)O[C@@H]1C[C@H](O)[C@@]23COC[C@]1(C)[C@@H]2C[C@@H](O)[C@]1(C)[C@@H]3C(=O)[C@H](OC(C)=O)[C@@]2(C)[C@@H](c3coc(C(C)CO)c3)C[C@H]3O[C@@]312. The van der Waals surface area contributed by atoms with Crippen molar-refractivity contribution in [2.24, 2.45) is 33.5 Å². The summed E-state index contributed by atoms with van der Waals surface area (Å²) in [4.78, 5) is 40.0. The van der Waals surface area contributed by atoms with Gasteiger partial charge in [0.25, 0.3) is 0 Å². The molecule has 4 aliphatic carbocycles. The molecule has 1 spiro atoms. The van der Waals surface area contributed by atoms with E-state index in [0.29, 0.717) is 12.2 Å². The van der Waals surface area contributed by atoms with Crippen LogP contribution in [0.4, 0.5) is 0 Å². The third kappa shape index (κ3) is 3.32. The van der Waals surface area contributed by atoms with Gasteiger partial charge in [-0.25, -0.2) is 0 Å². The van der Waals surface area contributed by atoms with Crippen LogP contribution in [0.1, 0.15) is 84.0 Å². The van der Waals surface area contributed by atoms with E-state index in [0.717, 1.165) is 5.56 Å². The number of Topliss-reactive ketones (excluding diaryl/α,β-unsaturated/α-hetero) is 1. The highest BCUT2D eigenvalue weighted by molar-refractivity contribution is 5.93. The number of furan rings is 1. The van der Waals surface area contributed by atoms with Crippen LogP contribution in [0.5, 0.6) is 0 Å². The first kappa shape index (κ1) is 30.3. The van der Waals surface area contributed by atoms with Crippen LogP contribution in [0.15, 0.2) is 16.7 Å². The van der Waals surface area contributed by atoms with Gasteiger partial charge in [-0.2, -0.15) is 0 Å². The van der Waals surface area contributed by atoms with Gasteiger partial charge in [0.2, 0.25) is 0 Å². The van der Waals surface area contributed by atoms with Crippen molar-refractivity contribution in [3.05, 3.63) is 23.7 Å². The molecule has 1 unspecified atom stereocenters. The summed E-state index contributed by atoms with van der Waals surface area (Å²) >= 11 is 0. The number of aliphatic hydroxyl groups is 3. The van der Waals surface area contributed by atoms with E-state index in [1.54, 1.807) is 6.26 Å². The third-order valence-corrected chi connectivity index (χ3v) is 13.3. The summed E-state index contributed by atoms with van der Waals surface area (Å²) in [6, 6.07) is 1.89. The van der Waals surface area contributed by atoms with Crippen molar-refractivity contribution >= 4 is 17.7 Å². The molecule has 11 nitrogen and oxygen atoms in total. The third-order valence-electron chi connectivity index (χ3n) is 13.3. The summed E-state index contributed by atoms with van der Waals surface area (Å²) in [5.74, 6) is -2.74. The summed E-state index contributed by atoms with van der Waals surface area (Å²) in [7, 11) is 0. The zero-order valence-corrected chi connectivity index (χ0v) is 26.2. The van der Waals surface area contributed by atoms with Gasteiger partial charge in [-0.05, 0) is 30.4 Å².